The van der Waals surface area contributed by atoms with Gasteiger partial charge in [-0.1, -0.05) is 24.3 Å². The molecule has 148 valence electrons. The first-order valence-electron chi connectivity index (χ1n) is 9.85. The van der Waals surface area contributed by atoms with Crippen LogP contribution in [0.25, 0.3) is 5.69 Å². The lowest BCUT2D eigenvalue weighted by atomic mass is 9.85. The van der Waals surface area contributed by atoms with Crippen molar-refractivity contribution in [1.29, 1.82) is 0 Å². The van der Waals surface area contributed by atoms with Gasteiger partial charge >= 0.3 is 0 Å². The Morgan fingerprint density at radius 3 is 2.52 bits per heavy atom. The first-order valence-corrected chi connectivity index (χ1v) is 9.85. The molecule has 0 radical (unpaired) electrons. The molecule has 2 aromatic carbocycles. The van der Waals surface area contributed by atoms with Gasteiger partial charge in [-0.2, -0.15) is 5.10 Å². The van der Waals surface area contributed by atoms with Crippen LogP contribution in [-0.2, 0) is 4.79 Å². The second kappa shape index (κ2) is 6.99. The van der Waals surface area contributed by atoms with Crippen molar-refractivity contribution in [2.45, 2.75) is 47.0 Å². The van der Waals surface area contributed by atoms with E-state index >= 15 is 0 Å². The third kappa shape index (κ3) is 3.16. The number of carbonyl (C=O) groups excluding carboxylic acids is 2. The van der Waals surface area contributed by atoms with E-state index in [2.05, 4.69) is 5.32 Å². The van der Waals surface area contributed by atoms with Crippen molar-refractivity contribution >= 4 is 17.5 Å². The van der Waals surface area contributed by atoms with Crippen LogP contribution >= 0.6 is 0 Å². The molecule has 0 unspecified atom stereocenters. The highest BCUT2D eigenvalue weighted by Gasteiger charge is 2.36. The van der Waals surface area contributed by atoms with Crippen molar-refractivity contribution in [3.8, 4) is 5.69 Å². The lowest BCUT2D eigenvalue weighted by Crippen LogP contribution is -2.28. The van der Waals surface area contributed by atoms with Crippen LogP contribution in [0.4, 0.5) is 5.82 Å². The van der Waals surface area contributed by atoms with Gasteiger partial charge < -0.3 is 5.32 Å². The van der Waals surface area contributed by atoms with Crippen LogP contribution in [0.5, 0.6) is 0 Å². The number of nitrogens with zero attached hydrogens (tertiary/aromatic N) is 2. The van der Waals surface area contributed by atoms with E-state index in [1.165, 1.54) is 0 Å². The van der Waals surface area contributed by atoms with Crippen molar-refractivity contribution < 1.29 is 9.59 Å². The predicted molar refractivity (Wildman–Crippen MR) is 114 cm³/mol. The minimum absolute atomic E-state index is 0.0344. The molecule has 0 bridgehead atoms. The molecule has 1 amide bonds. The summed E-state index contributed by atoms with van der Waals surface area (Å²) in [5.74, 6) is -0.117. The number of carbonyl (C=O) groups is 2. The normalized spacial score (nSPS) is 15.8. The number of ketones is 1. The van der Waals surface area contributed by atoms with Gasteiger partial charge in [-0.15, -0.1) is 0 Å². The molecule has 3 aromatic rings. The van der Waals surface area contributed by atoms with Crippen molar-refractivity contribution in [2.75, 3.05) is 5.32 Å². The molecule has 5 nitrogen and oxygen atoms in total. The zero-order valence-corrected chi connectivity index (χ0v) is 17.5. The highest BCUT2D eigenvalue weighted by Crippen LogP contribution is 2.39. The van der Waals surface area contributed by atoms with Crippen LogP contribution in [0.3, 0.4) is 0 Å². The Kier molecular flexibility index (Phi) is 4.61. The Morgan fingerprint density at radius 1 is 1.03 bits per heavy atom. The second-order valence-electron chi connectivity index (χ2n) is 7.95. The fraction of sp³-hybridized carbons (Fsp3) is 0.292. The summed E-state index contributed by atoms with van der Waals surface area (Å²) in [4.78, 5) is 25.9. The maximum atomic E-state index is 13.4. The van der Waals surface area contributed by atoms with E-state index in [0.29, 0.717) is 11.4 Å². The fourth-order valence-electron chi connectivity index (χ4n) is 4.01. The zero-order chi connectivity index (χ0) is 20.9. The van der Waals surface area contributed by atoms with Gasteiger partial charge in [0.15, 0.2) is 5.78 Å². The molecule has 0 saturated heterocycles. The van der Waals surface area contributed by atoms with E-state index < -0.39 is 5.92 Å². The Labute approximate surface area is 170 Å². The van der Waals surface area contributed by atoms with E-state index in [1.807, 2.05) is 71.0 Å². The second-order valence-corrected chi connectivity index (χ2v) is 7.95. The number of aromatic nitrogens is 2. The summed E-state index contributed by atoms with van der Waals surface area (Å²) >= 11 is 0. The summed E-state index contributed by atoms with van der Waals surface area (Å²) < 4.78 is 1.77. The van der Waals surface area contributed by atoms with Gasteiger partial charge in [0.2, 0.25) is 5.91 Å². The Bertz CT molecular complexity index is 1160. The molecule has 4 rings (SSSR count). The highest BCUT2D eigenvalue weighted by atomic mass is 16.2. The molecule has 1 atom stereocenters. The Hall–Kier alpha value is -3.21. The lowest BCUT2D eigenvalue weighted by molar-refractivity contribution is -0.116. The largest absolute Gasteiger partial charge is 0.310 e. The van der Waals surface area contributed by atoms with Crippen molar-refractivity contribution in [3.63, 3.8) is 0 Å². The van der Waals surface area contributed by atoms with Crippen LogP contribution in [0.2, 0.25) is 0 Å². The third-order valence-corrected chi connectivity index (χ3v) is 6.01. The molecule has 1 N–H and O–H groups in total. The zero-order valence-electron chi connectivity index (χ0n) is 17.5. The summed E-state index contributed by atoms with van der Waals surface area (Å²) in [5, 5.41) is 7.67. The fourth-order valence-corrected chi connectivity index (χ4v) is 4.01. The van der Waals surface area contributed by atoms with Gasteiger partial charge in [0.1, 0.15) is 5.82 Å². The molecule has 0 aliphatic carbocycles. The van der Waals surface area contributed by atoms with E-state index in [4.69, 9.17) is 5.10 Å². The standard InChI is InChI=1S/C24H25N3O2/c1-13-9-10-18(11-15(13)3)23(29)19-12-21(28)25-24-22(19)17(5)26-27(24)20-8-6-7-14(2)16(20)4/h6-11,19H,12H2,1-5H3,(H,25,28)/t19-/m1/s1. The Morgan fingerprint density at radius 2 is 1.79 bits per heavy atom. The van der Waals surface area contributed by atoms with Gasteiger partial charge in [0.05, 0.1) is 17.3 Å². The topological polar surface area (TPSA) is 64.0 Å². The van der Waals surface area contributed by atoms with E-state index in [1.54, 1.807) is 4.68 Å². The number of hydrogen-bond acceptors (Lipinski definition) is 3. The number of benzene rings is 2. The van der Waals surface area contributed by atoms with E-state index in [-0.39, 0.29) is 18.1 Å². The minimum atomic E-state index is -0.528. The smallest absolute Gasteiger partial charge is 0.226 e. The summed E-state index contributed by atoms with van der Waals surface area (Å²) in [7, 11) is 0. The van der Waals surface area contributed by atoms with Crippen molar-refractivity contribution in [1.82, 2.24) is 9.78 Å². The number of rotatable bonds is 3. The number of hydrogen-bond donors (Lipinski definition) is 1. The number of fused-ring (bicyclic) bond motifs is 1. The SMILES string of the molecule is Cc1ccc(C(=O)[C@@H]2CC(=O)Nc3c2c(C)nn3-c2cccc(C)c2C)cc1C. The van der Waals surface area contributed by atoms with Gasteiger partial charge in [0.25, 0.3) is 0 Å². The summed E-state index contributed by atoms with van der Waals surface area (Å²) in [6, 6.07) is 11.7. The van der Waals surface area contributed by atoms with Crippen molar-refractivity contribution in [3.05, 3.63) is 75.5 Å². The number of Topliss-reactive ketones (excluding diaryl/α,β-unsaturated/α-hetero) is 1. The quantitative estimate of drug-likeness (QED) is 0.661. The molecule has 0 spiro atoms. The van der Waals surface area contributed by atoms with Gasteiger partial charge in [-0.25, -0.2) is 4.68 Å². The first-order chi connectivity index (χ1) is 13.8. The minimum Gasteiger partial charge on any atom is -0.310 e. The molecule has 0 saturated carbocycles. The summed E-state index contributed by atoms with van der Waals surface area (Å²) in [6.07, 6.45) is 0.137. The molecule has 29 heavy (non-hydrogen) atoms. The third-order valence-electron chi connectivity index (χ3n) is 6.01. The number of nitrogens with one attached hydrogen (secondary N) is 1. The molecule has 1 aromatic heterocycles. The molecular weight excluding hydrogens is 362 g/mol. The maximum Gasteiger partial charge on any atom is 0.226 e. The van der Waals surface area contributed by atoms with Crippen LogP contribution < -0.4 is 5.32 Å². The van der Waals surface area contributed by atoms with Crippen LogP contribution in [0.1, 0.15) is 56.2 Å². The molecule has 2 heterocycles. The van der Waals surface area contributed by atoms with Gasteiger partial charge in [-0.05, 0) is 69.0 Å². The number of anilines is 1. The molecule has 0 fully saturated rings. The van der Waals surface area contributed by atoms with Gasteiger partial charge in [0, 0.05) is 17.5 Å². The van der Waals surface area contributed by atoms with Crippen LogP contribution in [0, 0.1) is 34.6 Å². The van der Waals surface area contributed by atoms with E-state index in [9.17, 15) is 9.59 Å². The van der Waals surface area contributed by atoms with E-state index in [0.717, 1.165) is 39.2 Å². The van der Waals surface area contributed by atoms with Crippen LogP contribution in [0.15, 0.2) is 36.4 Å². The molecule has 1 aliphatic rings. The molecular formula is C24H25N3O2. The summed E-state index contributed by atoms with van der Waals surface area (Å²) in [6.45, 7) is 10.0. The average molecular weight is 387 g/mol. The predicted octanol–water partition coefficient (Wildman–Crippen LogP) is 4.72. The number of aryl methyl sites for hydroxylation is 4. The molecule has 5 heteroatoms. The van der Waals surface area contributed by atoms with Crippen molar-refractivity contribution in [2.24, 2.45) is 0 Å². The summed E-state index contributed by atoms with van der Waals surface area (Å²) in [5.41, 5.74) is 7.58. The van der Waals surface area contributed by atoms with Gasteiger partial charge in [-0.3, -0.25) is 9.59 Å². The average Bonchev–Trinajstić information content (AvgIpc) is 3.01. The highest BCUT2D eigenvalue weighted by molar-refractivity contribution is 6.08. The molecule has 1 aliphatic heterocycles. The lowest BCUT2D eigenvalue weighted by Gasteiger charge is -2.24. The Balaban J connectivity index is 1.85. The monoisotopic (exact) mass is 387 g/mol. The first kappa shape index (κ1) is 19.1. The van der Waals surface area contributed by atoms with Crippen LogP contribution in [-0.4, -0.2) is 21.5 Å². The maximum absolute atomic E-state index is 13.4. The number of amides is 1.